The molecule has 0 aliphatic heterocycles. The van der Waals surface area contributed by atoms with Crippen LogP contribution in [0.15, 0.2) is 22.7 Å². The molecule has 0 saturated heterocycles. The molecule has 0 bridgehead atoms. The van der Waals surface area contributed by atoms with E-state index in [1.54, 1.807) is 0 Å². The Kier molecular flexibility index (Phi) is 3.23. The molecule has 1 aliphatic rings. The van der Waals surface area contributed by atoms with Gasteiger partial charge in [0.15, 0.2) is 5.78 Å². The minimum Gasteiger partial charge on any atom is -0.434 e. The lowest BCUT2D eigenvalue weighted by Crippen LogP contribution is -2.05. The number of carbonyl (C=O) groups excluding carboxylic acids is 1. The van der Waals surface area contributed by atoms with Crippen molar-refractivity contribution in [1.29, 1.82) is 0 Å². The fourth-order valence-electron chi connectivity index (χ4n) is 1.43. The van der Waals surface area contributed by atoms with E-state index in [2.05, 4.69) is 20.7 Å². The third-order valence-electron chi connectivity index (χ3n) is 2.38. The Morgan fingerprint density at radius 2 is 2.12 bits per heavy atom. The summed E-state index contributed by atoms with van der Waals surface area (Å²) in [7, 11) is 0. The summed E-state index contributed by atoms with van der Waals surface area (Å²) in [5, 5.41) is 0. The van der Waals surface area contributed by atoms with Crippen LogP contribution in [0.1, 0.15) is 23.2 Å². The fourth-order valence-corrected chi connectivity index (χ4v) is 1.90. The monoisotopic (exact) mass is 290 g/mol. The van der Waals surface area contributed by atoms with Gasteiger partial charge in [-0.25, -0.2) is 0 Å². The Morgan fingerprint density at radius 1 is 1.44 bits per heavy atom. The number of halogens is 3. The number of ether oxygens (including phenoxy) is 1. The van der Waals surface area contributed by atoms with Crippen LogP contribution in [0.3, 0.4) is 0 Å². The van der Waals surface area contributed by atoms with Crippen molar-refractivity contribution in [1.82, 2.24) is 0 Å². The van der Waals surface area contributed by atoms with Gasteiger partial charge < -0.3 is 4.74 Å². The zero-order valence-electron chi connectivity index (χ0n) is 8.25. The van der Waals surface area contributed by atoms with Gasteiger partial charge in [-0.3, -0.25) is 4.79 Å². The molecule has 1 saturated carbocycles. The fraction of sp³-hybridized carbons (Fsp3) is 0.364. The molecule has 1 aromatic rings. The van der Waals surface area contributed by atoms with Crippen LogP contribution < -0.4 is 4.74 Å². The molecule has 1 fully saturated rings. The maximum absolute atomic E-state index is 12.0. The van der Waals surface area contributed by atoms with Crippen molar-refractivity contribution >= 4 is 21.7 Å². The number of benzene rings is 1. The molecule has 0 spiro atoms. The summed E-state index contributed by atoms with van der Waals surface area (Å²) in [6, 6.07) is 4.42. The Bertz CT molecular complexity index is 416. The topological polar surface area (TPSA) is 26.3 Å². The smallest absolute Gasteiger partial charge is 0.387 e. The summed E-state index contributed by atoms with van der Waals surface area (Å²) in [6.45, 7) is -2.86. The predicted molar refractivity (Wildman–Crippen MR) is 57.8 cm³/mol. The summed E-state index contributed by atoms with van der Waals surface area (Å²) in [4.78, 5) is 11.7. The third-order valence-corrected chi connectivity index (χ3v) is 3.00. The number of ketones is 1. The second-order valence-corrected chi connectivity index (χ2v) is 4.52. The number of rotatable bonds is 4. The first kappa shape index (κ1) is 11.5. The van der Waals surface area contributed by atoms with Crippen LogP contribution in [-0.4, -0.2) is 12.4 Å². The first-order valence-electron chi connectivity index (χ1n) is 4.86. The van der Waals surface area contributed by atoms with Gasteiger partial charge in [-0.15, -0.1) is 0 Å². The van der Waals surface area contributed by atoms with Crippen molar-refractivity contribution in [2.45, 2.75) is 19.5 Å². The molecule has 0 N–H and O–H groups in total. The van der Waals surface area contributed by atoms with Crippen molar-refractivity contribution < 1.29 is 18.3 Å². The quantitative estimate of drug-likeness (QED) is 0.792. The molecule has 16 heavy (non-hydrogen) atoms. The van der Waals surface area contributed by atoms with E-state index in [1.165, 1.54) is 18.2 Å². The lowest BCUT2D eigenvalue weighted by molar-refractivity contribution is -0.0503. The standard InChI is InChI=1S/C11H9BrF2O2/c12-8-5-7(10(15)6-1-2-6)3-4-9(8)16-11(13)14/h3-6,11H,1-2H2. The molecule has 0 aromatic heterocycles. The summed E-state index contributed by atoms with van der Waals surface area (Å²) in [5.41, 5.74) is 0.538. The summed E-state index contributed by atoms with van der Waals surface area (Å²) < 4.78 is 28.6. The van der Waals surface area contributed by atoms with Crippen LogP contribution in [-0.2, 0) is 0 Å². The molecular formula is C11H9BrF2O2. The van der Waals surface area contributed by atoms with E-state index in [4.69, 9.17) is 0 Å². The van der Waals surface area contributed by atoms with Gasteiger partial charge in [0.05, 0.1) is 4.47 Å². The highest BCUT2D eigenvalue weighted by Crippen LogP contribution is 2.35. The largest absolute Gasteiger partial charge is 0.434 e. The van der Waals surface area contributed by atoms with Gasteiger partial charge >= 0.3 is 6.61 Å². The zero-order valence-corrected chi connectivity index (χ0v) is 9.84. The first-order chi connectivity index (χ1) is 7.58. The van der Waals surface area contributed by atoms with Gasteiger partial charge in [-0.2, -0.15) is 8.78 Å². The number of Topliss-reactive ketones (excluding diaryl/α,β-unsaturated/α-hetero) is 1. The SMILES string of the molecule is O=C(c1ccc(OC(F)F)c(Br)c1)C1CC1. The van der Waals surface area contributed by atoms with Gasteiger partial charge in [0.25, 0.3) is 0 Å². The maximum Gasteiger partial charge on any atom is 0.387 e. The number of hydrogen-bond donors (Lipinski definition) is 0. The van der Waals surface area contributed by atoms with Gasteiger partial charge in [0, 0.05) is 11.5 Å². The maximum atomic E-state index is 12.0. The van der Waals surface area contributed by atoms with Crippen LogP contribution in [0.25, 0.3) is 0 Å². The Morgan fingerprint density at radius 3 is 2.62 bits per heavy atom. The highest BCUT2D eigenvalue weighted by Gasteiger charge is 2.30. The summed E-state index contributed by atoms with van der Waals surface area (Å²) >= 11 is 3.10. The Hall–Kier alpha value is -0.970. The van der Waals surface area contributed by atoms with Crippen molar-refractivity contribution in [2.75, 3.05) is 0 Å². The third kappa shape index (κ3) is 2.58. The number of alkyl halides is 2. The van der Waals surface area contributed by atoms with Crippen molar-refractivity contribution in [3.63, 3.8) is 0 Å². The van der Waals surface area contributed by atoms with E-state index in [0.717, 1.165) is 12.8 Å². The molecule has 1 aromatic carbocycles. The highest BCUT2D eigenvalue weighted by molar-refractivity contribution is 9.10. The highest BCUT2D eigenvalue weighted by atomic mass is 79.9. The molecule has 5 heteroatoms. The molecule has 86 valence electrons. The molecule has 0 heterocycles. The van der Waals surface area contributed by atoms with Gasteiger partial charge in [0.1, 0.15) is 5.75 Å². The van der Waals surface area contributed by atoms with Crippen LogP contribution >= 0.6 is 15.9 Å². The molecule has 2 rings (SSSR count). The van der Waals surface area contributed by atoms with Crippen molar-refractivity contribution in [2.24, 2.45) is 5.92 Å². The van der Waals surface area contributed by atoms with Gasteiger partial charge in [-0.1, -0.05) is 0 Å². The van der Waals surface area contributed by atoms with Crippen LogP contribution in [0, 0.1) is 5.92 Å². The van der Waals surface area contributed by atoms with E-state index < -0.39 is 6.61 Å². The van der Waals surface area contributed by atoms with Crippen molar-refractivity contribution in [3.05, 3.63) is 28.2 Å². The normalized spacial score (nSPS) is 15.2. The molecule has 0 amide bonds. The Balaban J connectivity index is 2.18. The number of hydrogen-bond acceptors (Lipinski definition) is 2. The average molecular weight is 291 g/mol. The first-order valence-corrected chi connectivity index (χ1v) is 5.66. The molecule has 0 unspecified atom stereocenters. The summed E-state index contributed by atoms with van der Waals surface area (Å²) in [5.74, 6) is 0.236. The molecular weight excluding hydrogens is 282 g/mol. The van der Waals surface area contributed by atoms with E-state index in [9.17, 15) is 13.6 Å². The minimum absolute atomic E-state index is 0.0438. The van der Waals surface area contributed by atoms with Crippen LogP contribution in [0.4, 0.5) is 8.78 Å². The lowest BCUT2D eigenvalue weighted by atomic mass is 10.1. The minimum atomic E-state index is -2.86. The summed E-state index contributed by atoms with van der Waals surface area (Å²) in [6.07, 6.45) is 1.84. The molecule has 0 radical (unpaired) electrons. The van der Waals surface area contributed by atoms with E-state index >= 15 is 0 Å². The van der Waals surface area contributed by atoms with Gasteiger partial charge in [-0.05, 0) is 47.0 Å². The number of carbonyl (C=O) groups is 1. The predicted octanol–water partition coefficient (Wildman–Crippen LogP) is 3.64. The van der Waals surface area contributed by atoms with Crippen molar-refractivity contribution in [3.8, 4) is 5.75 Å². The van der Waals surface area contributed by atoms with Crippen LogP contribution in [0.5, 0.6) is 5.75 Å². The van der Waals surface area contributed by atoms with E-state index in [1.807, 2.05) is 0 Å². The zero-order chi connectivity index (χ0) is 11.7. The molecule has 2 nitrogen and oxygen atoms in total. The Labute approximate surface area is 99.7 Å². The second kappa shape index (κ2) is 4.49. The van der Waals surface area contributed by atoms with E-state index in [-0.39, 0.29) is 17.5 Å². The lowest BCUT2D eigenvalue weighted by Gasteiger charge is -2.07. The molecule has 0 atom stereocenters. The van der Waals surface area contributed by atoms with E-state index in [0.29, 0.717) is 10.0 Å². The second-order valence-electron chi connectivity index (χ2n) is 3.66. The average Bonchev–Trinajstić information content (AvgIpc) is 3.03. The molecule has 1 aliphatic carbocycles. The van der Waals surface area contributed by atoms with Crippen LogP contribution in [0.2, 0.25) is 0 Å². The van der Waals surface area contributed by atoms with Gasteiger partial charge in [0.2, 0.25) is 0 Å².